The van der Waals surface area contributed by atoms with Gasteiger partial charge in [-0.25, -0.2) is 0 Å². The van der Waals surface area contributed by atoms with Gasteiger partial charge in [0.25, 0.3) is 0 Å². The molecule has 12 heavy (non-hydrogen) atoms. The molecular formula is C9H15NOS. The van der Waals surface area contributed by atoms with Crippen LogP contribution in [0.4, 0.5) is 0 Å². The van der Waals surface area contributed by atoms with Crippen LogP contribution >= 0.6 is 11.3 Å². The van der Waals surface area contributed by atoms with Gasteiger partial charge in [-0.1, -0.05) is 6.92 Å². The van der Waals surface area contributed by atoms with Gasteiger partial charge in [-0.3, -0.25) is 0 Å². The second-order valence-electron chi connectivity index (χ2n) is 2.76. The Morgan fingerprint density at radius 3 is 2.75 bits per heavy atom. The lowest BCUT2D eigenvalue weighted by atomic mass is 10.4. The third kappa shape index (κ3) is 2.50. The number of hydrogen-bond acceptors (Lipinski definition) is 3. The molecule has 0 radical (unpaired) electrons. The first-order valence-corrected chi connectivity index (χ1v) is 4.89. The topological polar surface area (TPSA) is 12.5 Å². The predicted molar refractivity (Wildman–Crippen MR) is 52.9 cm³/mol. The van der Waals surface area contributed by atoms with Crippen molar-refractivity contribution in [3.63, 3.8) is 0 Å². The van der Waals surface area contributed by atoms with Crippen molar-refractivity contribution in [2.24, 2.45) is 0 Å². The Kier molecular flexibility index (Phi) is 3.56. The van der Waals surface area contributed by atoms with E-state index in [-0.39, 0.29) is 0 Å². The van der Waals surface area contributed by atoms with E-state index >= 15 is 0 Å². The van der Waals surface area contributed by atoms with E-state index in [1.165, 1.54) is 4.88 Å². The Morgan fingerprint density at radius 2 is 2.25 bits per heavy atom. The molecule has 0 unspecified atom stereocenters. The third-order valence-corrected chi connectivity index (χ3v) is 2.84. The van der Waals surface area contributed by atoms with Gasteiger partial charge in [-0.2, -0.15) is 0 Å². The van der Waals surface area contributed by atoms with Crippen molar-refractivity contribution >= 4 is 11.3 Å². The molecule has 0 N–H and O–H groups in total. The SMILES string of the molecule is CCN(C)Cc1ccc(OC)s1. The molecule has 1 aromatic rings. The van der Waals surface area contributed by atoms with Crippen LogP contribution in [0.25, 0.3) is 0 Å². The van der Waals surface area contributed by atoms with E-state index in [9.17, 15) is 0 Å². The number of methoxy groups -OCH3 is 1. The largest absolute Gasteiger partial charge is 0.487 e. The molecule has 1 heterocycles. The summed E-state index contributed by atoms with van der Waals surface area (Å²) in [5.41, 5.74) is 0. The first-order chi connectivity index (χ1) is 5.76. The van der Waals surface area contributed by atoms with E-state index in [0.717, 1.165) is 18.2 Å². The Hall–Kier alpha value is -0.540. The molecule has 2 nitrogen and oxygen atoms in total. The van der Waals surface area contributed by atoms with E-state index in [2.05, 4.69) is 24.9 Å². The summed E-state index contributed by atoms with van der Waals surface area (Å²) in [4.78, 5) is 3.63. The van der Waals surface area contributed by atoms with Crippen molar-refractivity contribution < 1.29 is 4.74 Å². The van der Waals surface area contributed by atoms with Crippen molar-refractivity contribution in [2.75, 3.05) is 20.7 Å². The van der Waals surface area contributed by atoms with Crippen molar-refractivity contribution in [2.45, 2.75) is 13.5 Å². The molecule has 0 amide bonds. The lowest BCUT2D eigenvalue weighted by molar-refractivity contribution is 0.349. The molecule has 3 heteroatoms. The third-order valence-electron chi connectivity index (χ3n) is 1.80. The summed E-state index contributed by atoms with van der Waals surface area (Å²) in [7, 11) is 3.82. The van der Waals surface area contributed by atoms with Crippen LogP contribution in [0.15, 0.2) is 12.1 Å². The highest BCUT2D eigenvalue weighted by Crippen LogP contribution is 2.24. The van der Waals surface area contributed by atoms with E-state index in [1.807, 2.05) is 6.07 Å². The van der Waals surface area contributed by atoms with Crippen LogP contribution < -0.4 is 4.74 Å². The number of hydrogen-bond donors (Lipinski definition) is 0. The summed E-state index contributed by atoms with van der Waals surface area (Å²) in [5, 5.41) is 0.995. The average Bonchev–Trinajstić information content (AvgIpc) is 2.52. The molecule has 0 aromatic carbocycles. The van der Waals surface area contributed by atoms with Gasteiger partial charge >= 0.3 is 0 Å². The van der Waals surface area contributed by atoms with E-state index in [4.69, 9.17) is 4.74 Å². The van der Waals surface area contributed by atoms with Crippen LogP contribution in [0.3, 0.4) is 0 Å². The fourth-order valence-electron chi connectivity index (χ4n) is 0.931. The van der Waals surface area contributed by atoms with Crippen LogP contribution in [-0.2, 0) is 6.54 Å². The number of thiophene rings is 1. The second kappa shape index (κ2) is 4.48. The van der Waals surface area contributed by atoms with E-state index in [0.29, 0.717) is 0 Å². The molecule has 1 rings (SSSR count). The summed E-state index contributed by atoms with van der Waals surface area (Å²) in [6.07, 6.45) is 0. The fourth-order valence-corrected chi connectivity index (χ4v) is 1.83. The minimum absolute atomic E-state index is 0.995. The molecule has 68 valence electrons. The zero-order valence-electron chi connectivity index (χ0n) is 7.83. The van der Waals surface area contributed by atoms with Crippen LogP contribution in [0.2, 0.25) is 0 Å². The Morgan fingerprint density at radius 1 is 1.50 bits per heavy atom. The van der Waals surface area contributed by atoms with Crippen LogP contribution in [0.5, 0.6) is 5.06 Å². The van der Waals surface area contributed by atoms with E-state index < -0.39 is 0 Å². The molecule has 0 saturated heterocycles. The molecule has 1 aromatic heterocycles. The molecule has 0 saturated carbocycles. The van der Waals surface area contributed by atoms with Crippen LogP contribution in [-0.4, -0.2) is 25.6 Å². The highest BCUT2D eigenvalue weighted by Gasteiger charge is 2.01. The highest BCUT2D eigenvalue weighted by atomic mass is 32.1. The van der Waals surface area contributed by atoms with Gasteiger partial charge in [0.2, 0.25) is 0 Å². The minimum Gasteiger partial charge on any atom is -0.487 e. The smallest absolute Gasteiger partial charge is 0.173 e. The molecule has 0 aliphatic carbocycles. The zero-order valence-corrected chi connectivity index (χ0v) is 8.65. The van der Waals surface area contributed by atoms with Gasteiger partial charge in [0, 0.05) is 11.4 Å². The predicted octanol–water partition coefficient (Wildman–Crippen LogP) is 2.21. The molecule has 0 bridgehead atoms. The van der Waals surface area contributed by atoms with Crippen molar-refractivity contribution in [3.05, 3.63) is 17.0 Å². The number of nitrogens with zero attached hydrogens (tertiary/aromatic N) is 1. The van der Waals surface area contributed by atoms with Crippen molar-refractivity contribution in [3.8, 4) is 5.06 Å². The summed E-state index contributed by atoms with van der Waals surface area (Å²) >= 11 is 1.71. The highest BCUT2D eigenvalue weighted by molar-refractivity contribution is 7.13. The Balaban J connectivity index is 2.52. The van der Waals surface area contributed by atoms with Crippen molar-refractivity contribution in [1.29, 1.82) is 0 Å². The van der Waals surface area contributed by atoms with Crippen LogP contribution in [0, 0.1) is 0 Å². The summed E-state index contributed by atoms with van der Waals surface area (Å²) in [5.74, 6) is 0. The summed E-state index contributed by atoms with van der Waals surface area (Å²) in [6, 6.07) is 4.14. The van der Waals surface area contributed by atoms with Gasteiger partial charge in [0.05, 0.1) is 7.11 Å². The fraction of sp³-hybridized carbons (Fsp3) is 0.556. The summed E-state index contributed by atoms with van der Waals surface area (Å²) in [6.45, 7) is 4.26. The van der Waals surface area contributed by atoms with Crippen LogP contribution in [0.1, 0.15) is 11.8 Å². The maximum absolute atomic E-state index is 5.11. The molecule has 0 aliphatic heterocycles. The Bertz CT molecular complexity index is 234. The van der Waals surface area contributed by atoms with Gasteiger partial charge in [-0.05, 0) is 25.7 Å². The van der Waals surface area contributed by atoms with Crippen molar-refractivity contribution in [1.82, 2.24) is 4.90 Å². The zero-order chi connectivity index (χ0) is 8.97. The Labute approximate surface area is 77.8 Å². The lowest BCUT2D eigenvalue weighted by Crippen LogP contribution is -2.15. The van der Waals surface area contributed by atoms with E-state index in [1.54, 1.807) is 18.4 Å². The van der Waals surface area contributed by atoms with Gasteiger partial charge in [0.1, 0.15) is 0 Å². The maximum Gasteiger partial charge on any atom is 0.173 e. The normalized spacial score (nSPS) is 10.7. The first-order valence-electron chi connectivity index (χ1n) is 4.07. The molecule has 0 atom stereocenters. The van der Waals surface area contributed by atoms with Gasteiger partial charge < -0.3 is 9.64 Å². The molecule has 0 spiro atoms. The molecule has 0 aliphatic rings. The number of rotatable bonds is 4. The van der Waals surface area contributed by atoms with Gasteiger partial charge in [-0.15, -0.1) is 11.3 Å². The summed E-state index contributed by atoms with van der Waals surface area (Å²) < 4.78 is 5.11. The maximum atomic E-state index is 5.11. The molecular weight excluding hydrogens is 170 g/mol. The average molecular weight is 185 g/mol. The lowest BCUT2D eigenvalue weighted by Gasteiger charge is -2.11. The standard InChI is InChI=1S/C9H15NOS/c1-4-10(2)7-8-5-6-9(11-3)12-8/h5-6H,4,7H2,1-3H3. The number of ether oxygens (including phenoxy) is 1. The quantitative estimate of drug-likeness (QED) is 0.713. The second-order valence-corrected chi connectivity index (χ2v) is 3.89. The molecule has 0 fully saturated rings. The van der Waals surface area contributed by atoms with Gasteiger partial charge in [0.15, 0.2) is 5.06 Å². The monoisotopic (exact) mass is 185 g/mol. The first kappa shape index (κ1) is 9.55. The minimum atomic E-state index is 0.995.